The van der Waals surface area contributed by atoms with Crippen molar-refractivity contribution in [1.82, 2.24) is 4.57 Å². The van der Waals surface area contributed by atoms with Gasteiger partial charge in [0.15, 0.2) is 0 Å². The Morgan fingerprint density at radius 3 is 2.59 bits per heavy atom. The predicted molar refractivity (Wildman–Crippen MR) is 91.2 cm³/mol. The Bertz CT molecular complexity index is 600. The van der Waals surface area contributed by atoms with Gasteiger partial charge in [0.25, 0.3) is 0 Å². The van der Waals surface area contributed by atoms with Crippen LogP contribution in [0, 0.1) is 5.92 Å². The number of rotatable bonds is 5. The van der Waals surface area contributed by atoms with Crippen molar-refractivity contribution in [3.05, 3.63) is 48.3 Å². The quantitative estimate of drug-likeness (QED) is 0.892. The van der Waals surface area contributed by atoms with E-state index in [1.807, 2.05) is 0 Å². The zero-order valence-electron chi connectivity index (χ0n) is 13.2. The highest BCUT2D eigenvalue weighted by Crippen LogP contribution is 2.30. The summed E-state index contributed by atoms with van der Waals surface area (Å²) in [6, 6.07) is 12.7. The van der Waals surface area contributed by atoms with Crippen molar-refractivity contribution in [2.75, 3.05) is 29.9 Å². The zero-order chi connectivity index (χ0) is 15.4. The number of hydrogen-bond acceptors (Lipinski definition) is 3. The molecule has 3 rings (SSSR count). The summed E-state index contributed by atoms with van der Waals surface area (Å²) < 4.78 is 2.14. The second-order valence-corrected chi connectivity index (χ2v) is 6.09. The van der Waals surface area contributed by atoms with Crippen LogP contribution in [0.3, 0.4) is 0 Å². The number of aliphatic hydroxyl groups excluding tert-OH is 1. The molecular formula is C18H25N3O. The minimum absolute atomic E-state index is 0.321. The molecule has 0 atom stereocenters. The lowest BCUT2D eigenvalue weighted by Crippen LogP contribution is -2.35. The Morgan fingerprint density at radius 1 is 1.14 bits per heavy atom. The van der Waals surface area contributed by atoms with Crippen LogP contribution in [-0.2, 0) is 13.6 Å². The van der Waals surface area contributed by atoms with Crippen molar-refractivity contribution in [2.45, 2.75) is 19.4 Å². The molecule has 0 saturated carbocycles. The third-order valence-electron chi connectivity index (χ3n) is 4.63. The Balaban J connectivity index is 1.69. The number of aliphatic hydroxyl groups is 1. The monoisotopic (exact) mass is 299 g/mol. The number of nitrogens with one attached hydrogen (secondary N) is 1. The molecule has 1 aromatic carbocycles. The highest BCUT2D eigenvalue weighted by molar-refractivity contribution is 5.70. The third-order valence-corrected chi connectivity index (χ3v) is 4.63. The number of nitrogens with zero attached hydrogens (tertiary/aromatic N) is 2. The van der Waals surface area contributed by atoms with Gasteiger partial charge in [-0.15, -0.1) is 0 Å². The molecule has 1 saturated heterocycles. The smallest absolute Gasteiger partial charge is 0.0602 e. The number of hydrogen-bond donors (Lipinski definition) is 2. The summed E-state index contributed by atoms with van der Waals surface area (Å²) in [7, 11) is 2.07. The topological polar surface area (TPSA) is 40.4 Å². The fourth-order valence-corrected chi connectivity index (χ4v) is 3.12. The minimum atomic E-state index is 0.321. The van der Waals surface area contributed by atoms with E-state index in [9.17, 15) is 5.11 Å². The normalized spacial score (nSPS) is 16.0. The zero-order valence-corrected chi connectivity index (χ0v) is 13.2. The first-order valence-electron chi connectivity index (χ1n) is 8.07. The van der Waals surface area contributed by atoms with Crippen LogP contribution < -0.4 is 10.2 Å². The maximum atomic E-state index is 9.29. The van der Waals surface area contributed by atoms with Crippen molar-refractivity contribution in [3.8, 4) is 0 Å². The second-order valence-electron chi connectivity index (χ2n) is 6.09. The van der Waals surface area contributed by atoms with E-state index in [1.165, 1.54) is 17.1 Å². The Labute approximate surface area is 132 Å². The highest BCUT2D eigenvalue weighted by Gasteiger charge is 2.20. The third kappa shape index (κ3) is 3.28. The first kappa shape index (κ1) is 15.0. The Kier molecular flexibility index (Phi) is 4.68. The van der Waals surface area contributed by atoms with Gasteiger partial charge < -0.3 is 19.9 Å². The van der Waals surface area contributed by atoms with E-state index in [4.69, 9.17) is 0 Å². The molecule has 0 spiro atoms. The van der Waals surface area contributed by atoms with Crippen molar-refractivity contribution in [2.24, 2.45) is 13.0 Å². The number of benzene rings is 1. The van der Waals surface area contributed by atoms with Gasteiger partial charge in [-0.05, 0) is 43.0 Å². The van der Waals surface area contributed by atoms with Crippen molar-refractivity contribution >= 4 is 11.4 Å². The summed E-state index contributed by atoms with van der Waals surface area (Å²) in [4.78, 5) is 2.43. The average Bonchev–Trinajstić information content (AvgIpc) is 2.98. The predicted octanol–water partition coefficient (Wildman–Crippen LogP) is 2.85. The molecule has 2 N–H and O–H groups in total. The van der Waals surface area contributed by atoms with Crippen LogP contribution in [0.25, 0.3) is 0 Å². The molecule has 118 valence electrons. The number of aromatic nitrogens is 1. The van der Waals surface area contributed by atoms with E-state index in [0.29, 0.717) is 12.5 Å². The summed E-state index contributed by atoms with van der Waals surface area (Å²) in [5.74, 6) is 0.472. The van der Waals surface area contributed by atoms with Crippen molar-refractivity contribution < 1.29 is 5.11 Å². The average molecular weight is 299 g/mol. The van der Waals surface area contributed by atoms with Crippen LogP contribution in [0.1, 0.15) is 18.5 Å². The number of piperidine rings is 1. The summed E-state index contributed by atoms with van der Waals surface area (Å²) in [6.45, 7) is 3.19. The Morgan fingerprint density at radius 2 is 1.91 bits per heavy atom. The van der Waals surface area contributed by atoms with Crippen molar-refractivity contribution in [3.63, 3.8) is 0 Å². The van der Waals surface area contributed by atoms with Gasteiger partial charge in [0.2, 0.25) is 0 Å². The highest BCUT2D eigenvalue weighted by atomic mass is 16.3. The van der Waals surface area contributed by atoms with Crippen LogP contribution >= 0.6 is 0 Å². The molecule has 4 heteroatoms. The minimum Gasteiger partial charge on any atom is -0.396 e. The van der Waals surface area contributed by atoms with Gasteiger partial charge in [0.1, 0.15) is 0 Å². The van der Waals surface area contributed by atoms with Crippen LogP contribution in [0.5, 0.6) is 0 Å². The van der Waals surface area contributed by atoms with Gasteiger partial charge in [-0.3, -0.25) is 0 Å². The van der Waals surface area contributed by atoms with Crippen LogP contribution in [0.4, 0.5) is 11.4 Å². The summed E-state index contributed by atoms with van der Waals surface area (Å²) >= 11 is 0. The summed E-state index contributed by atoms with van der Waals surface area (Å²) in [6.07, 6.45) is 4.22. The number of para-hydroxylation sites is 2. The lowest BCUT2D eigenvalue weighted by atomic mass is 9.97. The number of aryl methyl sites for hydroxylation is 1. The molecule has 0 aliphatic carbocycles. The first-order chi connectivity index (χ1) is 10.8. The van der Waals surface area contributed by atoms with Gasteiger partial charge in [-0.1, -0.05) is 12.1 Å². The molecule has 1 aliphatic rings. The van der Waals surface area contributed by atoms with Crippen LogP contribution in [-0.4, -0.2) is 29.4 Å². The van der Waals surface area contributed by atoms with Gasteiger partial charge >= 0.3 is 0 Å². The molecule has 0 amide bonds. The number of anilines is 2. The maximum Gasteiger partial charge on any atom is 0.0602 e. The largest absolute Gasteiger partial charge is 0.396 e. The van der Waals surface area contributed by atoms with Gasteiger partial charge in [0.05, 0.1) is 17.9 Å². The SMILES string of the molecule is Cn1cccc1CNc1ccccc1N1CCC(CO)CC1. The lowest BCUT2D eigenvalue weighted by molar-refractivity contribution is 0.203. The van der Waals surface area contributed by atoms with E-state index in [0.717, 1.165) is 32.5 Å². The summed E-state index contributed by atoms with van der Waals surface area (Å²) in [5, 5.41) is 12.9. The lowest BCUT2D eigenvalue weighted by Gasteiger charge is -2.34. The summed E-state index contributed by atoms with van der Waals surface area (Å²) in [5.41, 5.74) is 3.73. The molecule has 1 aliphatic heterocycles. The molecule has 0 radical (unpaired) electrons. The van der Waals surface area contributed by atoms with Crippen LogP contribution in [0.2, 0.25) is 0 Å². The van der Waals surface area contributed by atoms with Gasteiger partial charge in [-0.25, -0.2) is 0 Å². The van der Waals surface area contributed by atoms with E-state index in [2.05, 4.69) is 64.4 Å². The van der Waals surface area contributed by atoms with Gasteiger partial charge in [0, 0.05) is 38.6 Å². The molecular weight excluding hydrogens is 274 g/mol. The van der Waals surface area contributed by atoms with E-state index >= 15 is 0 Å². The van der Waals surface area contributed by atoms with E-state index in [1.54, 1.807) is 0 Å². The molecule has 4 nitrogen and oxygen atoms in total. The first-order valence-corrected chi connectivity index (χ1v) is 8.07. The van der Waals surface area contributed by atoms with E-state index < -0.39 is 0 Å². The molecule has 2 heterocycles. The molecule has 1 fully saturated rings. The Hall–Kier alpha value is -1.94. The standard InChI is InChI=1S/C18H25N3O/c1-20-10-4-5-16(20)13-19-17-6-2-3-7-18(17)21-11-8-15(14-22)9-12-21/h2-7,10,15,19,22H,8-9,11-14H2,1H3. The van der Waals surface area contributed by atoms with Gasteiger partial charge in [-0.2, -0.15) is 0 Å². The fourth-order valence-electron chi connectivity index (χ4n) is 3.12. The molecule has 22 heavy (non-hydrogen) atoms. The molecule has 0 unspecified atom stereocenters. The molecule has 2 aromatic rings. The maximum absolute atomic E-state index is 9.29. The van der Waals surface area contributed by atoms with E-state index in [-0.39, 0.29) is 0 Å². The second kappa shape index (κ2) is 6.88. The van der Waals surface area contributed by atoms with Crippen LogP contribution in [0.15, 0.2) is 42.6 Å². The molecule has 1 aromatic heterocycles. The van der Waals surface area contributed by atoms with Crippen molar-refractivity contribution in [1.29, 1.82) is 0 Å². The molecule has 0 bridgehead atoms. The fraction of sp³-hybridized carbons (Fsp3) is 0.444.